The third-order valence-corrected chi connectivity index (χ3v) is 3.83. The lowest BCUT2D eigenvalue weighted by Gasteiger charge is -2.23. The van der Waals surface area contributed by atoms with Crippen molar-refractivity contribution in [2.75, 3.05) is 13.7 Å². The molecular weight excluding hydrogens is 305 g/mol. The molecule has 0 aliphatic heterocycles. The topological polar surface area (TPSA) is 41.5 Å². The van der Waals surface area contributed by atoms with Crippen LogP contribution in [-0.4, -0.2) is 18.8 Å². The summed E-state index contributed by atoms with van der Waals surface area (Å²) in [6.45, 7) is 1.76. The normalized spacial score (nSPS) is 13.7. The molecule has 0 aliphatic rings. The van der Waals surface area contributed by atoms with Crippen LogP contribution >= 0.6 is 11.6 Å². The van der Waals surface area contributed by atoms with E-state index in [-0.39, 0.29) is 24.5 Å². The lowest BCUT2D eigenvalue weighted by atomic mass is 10.0. The number of aliphatic hydroxyl groups excluding tert-OH is 1. The lowest BCUT2D eigenvalue weighted by molar-refractivity contribution is 0.234. The van der Waals surface area contributed by atoms with E-state index >= 15 is 0 Å². The van der Waals surface area contributed by atoms with Gasteiger partial charge in [-0.3, -0.25) is 0 Å². The molecule has 0 saturated carbocycles. The first-order valence-electron chi connectivity index (χ1n) is 7.01. The fourth-order valence-electron chi connectivity index (χ4n) is 2.33. The van der Waals surface area contributed by atoms with Gasteiger partial charge >= 0.3 is 0 Å². The van der Waals surface area contributed by atoms with Gasteiger partial charge in [-0.25, -0.2) is 4.39 Å². The second-order valence-electron chi connectivity index (χ2n) is 5.06. The number of rotatable bonds is 6. The Hall–Kier alpha value is -1.62. The Morgan fingerprint density at radius 1 is 1.23 bits per heavy atom. The van der Waals surface area contributed by atoms with Crippen LogP contribution in [0.4, 0.5) is 4.39 Å². The molecule has 22 heavy (non-hydrogen) atoms. The van der Waals surface area contributed by atoms with Gasteiger partial charge in [0.25, 0.3) is 0 Å². The second-order valence-corrected chi connectivity index (χ2v) is 5.50. The van der Waals surface area contributed by atoms with E-state index in [1.807, 2.05) is 19.1 Å². The zero-order valence-corrected chi connectivity index (χ0v) is 13.3. The monoisotopic (exact) mass is 323 g/mol. The van der Waals surface area contributed by atoms with Gasteiger partial charge in [-0.2, -0.15) is 0 Å². The Bertz CT molecular complexity index is 619. The Kier molecular flexibility index (Phi) is 5.77. The summed E-state index contributed by atoms with van der Waals surface area (Å²) < 4.78 is 19.1. The maximum atomic E-state index is 14.1. The van der Waals surface area contributed by atoms with Gasteiger partial charge in [0.05, 0.1) is 19.8 Å². The molecule has 2 unspecified atom stereocenters. The van der Waals surface area contributed by atoms with Crippen molar-refractivity contribution in [1.29, 1.82) is 0 Å². The van der Waals surface area contributed by atoms with Gasteiger partial charge in [0.2, 0.25) is 0 Å². The van der Waals surface area contributed by atoms with Crippen LogP contribution in [0.1, 0.15) is 30.1 Å². The van der Waals surface area contributed by atoms with E-state index in [0.717, 1.165) is 5.56 Å². The second kappa shape index (κ2) is 7.58. The predicted molar refractivity (Wildman–Crippen MR) is 85.8 cm³/mol. The van der Waals surface area contributed by atoms with Crippen molar-refractivity contribution >= 4 is 11.6 Å². The van der Waals surface area contributed by atoms with Gasteiger partial charge in [-0.05, 0) is 30.7 Å². The zero-order chi connectivity index (χ0) is 16.1. The molecule has 2 rings (SSSR count). The molecule has 0 heterocycles. The van der Waals surface area contributed by atoms with Crippen LogP contribution in [0.15, 0.2) is 42.5 Å². The van der Waals surface area contributed by atoms with Crippen molar-refractivity contribution in [1.82, 2.24) is 5.32 Å². The maximum absolute atomic E-state index is 14.1. The van der Waals surface area contributed by atoms with Crippen molar-refractivity contribution < 1.29 is 14.2 Å². The number of benzene rings is 2. The SMILES string of the molecule is COc1ccc(C(C)NC(CO)c2ccc(Cl)cc2)c(F)c1. The highest BCUT2D eigenvalue weighted by atomic mass is 35.5. The van der Waals surface area contributed by atoms with E-state index in [1.165, 1.54) is 13.2 Å². The Balaban J connectivity index is 2.15. The Morgan fingerprint density at radius 3 is 2.45 bits per heavy atom. The minimum atomic E-state index is -0.341. The summed E-state index contributed by atoms with van der Waals surface area (Å²) >= 11 is 5.87. The minimum Gasteiger partial charge on any atom is -0.497 e. The molecule has 0 aromatic heterocycles. The Morgan fingerprint density at radius 2 is 1.91 bits per heavy atom. The molecule has 2 N–H and O–H groups in total. The molecular formula is C17H19ClFNO2. The van der Waals surface area contributed by atoms with Crippen molar-refractivity contribution in [2.45, 2.75) is 19.0 Å². The highest BCUT2D eigenvalue weighted by Crippen LogP contribution is 2.25. The van der Waals surface area contributed by atoms with Gasteiger partial charge in [-0.1, -0.05) is 29.8 Å². The molecule has 0 radical (unpaired) electrons. The van der Waals surface area contributed by atoms with E-state index < -0.39 is 0 Å². The Labute approximate surface area is 134 Å². The molecule has 0 amide bonds. The van der Waals surface area contributed by atoms with Crippen molar-refractivity contribution in [2.24, 2.45) is 0 Å². The summed E-state index contributed by atoms with van der Waals surface area (Å²) in [6.07, 6.45) is 0. The molecule has 0 spiro atoms. The van der Waals surface area contributed by atoms with Gasteiger partial charge in [0.15, 0.2) is 0 Å². The molecule has 0 saturated heterocycles. The van der Waals surface area contributed by atoms with Gasteiger partial charge in [-0.15, -0.1) is 0 Å². The fourth-order valence-corrected chi connectivity index (χ4v) is 2.45. The van der Waals surface area contributed by atoms with Crippen LogP contribution < -0.4 is 10.1 Å². The van der Waals surface area contributed by atoms with Crippen LogP contribution in [0.5, 0.6) is 5.75 Å². The van der Waals surface area contributed by atoms with Gasteiger partial charge in [0, 0.05) is 22.7 Å². The first-order valence-corrected chi connectivity index (χ1v) is 7.38. The maximum Gasteiger partial charge on any atom is 0.131 e. The summed E-state index contributed by atoms with van der Waals surface area (Å²) in [5.74, 6) is 0.136. The largest absolute Gasteiger partial charge is 0.497 e. The van der Waals surface area contributed by atoms with Crippen molar-refractivity contribution in [3.8, 4) is 5.75 Å². The first-order chi connectivity index (χ1) is 10.5. The van der Waals surface area contributed by atoms with Gasteiger partial charge < -0.3 is 15.2 Å². The highest BCUT2D eigenvalue weighted by Gasteiger charge is 2.17. The third kappa shape index (κ3) is 3.97. The number of hydrogen-bond acceptors (Lipinski definition) is 3. The van der Waals surface area contributed by atoms with Crippen LogP contribution in [0.3, 0.4) is 0 Å². The average molecular weight is 324 g/mol. The fraction of sp³-hybridized carbons (Fsp3) is 0.294. The lowest BCUT2D eigenvalue weighted by Crippen LogP contribution is -2.27. The molecule has 118 valence electrons. The molecule has 2 atom stereocenters. The first kappa shape index (κ1) is 16.7. The summed E-state index contributed by atoms with van der Waals surface area (Å²) in [5.41, 5.74) is 1.42. The van der Waals surface area contributed by atoms with E-state index in [9.17, 15) is 9.50 Å². The minimum absolute atomic E-state index is 0.0935. The molecule has 3 nitrogen and oxygen atoms in total. The molecule has 0 bridgehead atoms. The number of halogens is 2. The highest BCUT2D eigenvalue weighted by molar-refractivity contribution is 6.30. The van der Waals surface area contributed by atoms with E-state index in [4.69, 9.17) is 16.3 Å². The third-order valence-electron chi connectivity index (χ3n) is 3.58. The molecule has 5 heteroatoms. The number of hydrogen-bond donors (Lipinski definition) is 2. The molecule has 0 aliphatic carbocycles. The summed E-state index contributed by atoms with van der Waals surface area (Å²) in [6, 6.07) is 11.4. The van der Waals surface area contributed by atoms with E-state index in [0.29, 0.717) is 16.3 Å². The number of methoxy groups -OCH3 is 1. The van der Waals surface area contributed by atoms with Crippen molar-refractivity contribution in [3.63, 3.8) is 0 Å². The van der Waals surface area contributed by atoms with E-state index in [1.54, 1.807) is 24.3 Å². The van der Waals surface area contributed by atoms with E-state index in [2.05, 4.69) is 5.32 Å². The van der Waals surface area contributed by atoms with Crippen LogP contribution in [0, 0.1) is 5.82 Å². The summed E-state index contributed by atoms with van der Waals surface area (Å²) in [4.78, 5) is 0. The van der Waals surface area contributed by atoms with Crippen molar-refractivity contribution in [3.05, 3.63) is 64.4 Å². The smallest absolute Gasteiger partial charge is 0.131 e. The standard InChI is InChI=1S/C17H19ClFNO2/c1-11(15-8-7-14(22-2)9-16(15)19)20-17(10-21)12-3-5-13(18)6-4-12/h3-9,11,17,20-21H,10H2,1-2H3. The number of ether oxygens (including phenoxy) is 1. The number of aliphatic hydroxyl groups is 1. The molecule has 2 aromatic carbocycles. The van der Waals surface area contributed by atoms with Crippen LogP contribution in [-0.2, 0) is 0 Å². The number of nitrogens with one attached hydrogen (secondary N) is 1. The van der Waals surface area contributed by atoms with Crippen LogP contribution in [0.2, 0.25) is 5.02 Å². The zero-order valence-electron chi connectivity index (χ0n) is 12.5. The summed E-state index contributed by atoms with van der Waals surface area (Å²) in [7, 11) is 1.50. The van der Waals surface area contributed by atoms with Crippen LogP contribution in [0.25, 0.3) is 0 Å². The predicted octanol–water partition coefficient (Wildman–Crippen LogP) is 3.87. The average Bonchev–Trinajstić information content (AvgIpc) is 2.53. The summed E-state index contributed by atoms with van der Waals surface area (Å²) in [5, 5.41) is 13.4. The molecule has 0 fully saturated rings. The van der Waals surface area contributed by atoms with Gasteiger partial charge in [0.1, 0.15) is 11.6 Å². The quantitative estimate of drug-likeness (QED) is 0.848. The molecule has 2 aromatic rings.